The lowest BCUT2D eigenvalue weighted by molar-refractivity contribution is -0.111. The van der Waals surface area contributed by atoms with Gasteiger partial charge in [0.1, 0.15) is 6.29 Å². The maximum absolute atomic E-state index is 12.8. The Hall–Kier alpha value is -3.46. The maximum atomic E-state index is 12.8. The van der Waals surface area contributed by atoms with Crippen LogP contribution in [0.3, 0.4) is 0 Å². The lowest BCUT2D eigenvalue weighted by Crippen LogP contribution is -2.45. The normalized spacial score (nSPS) is 12.4. The molecule has 0 saturated carbocycles. The van der Waals surface area contributed by atoms with Crippen LogP contribution in [0.15, 0.2) is 48.5 Å². The topological polar surface area (TPSA) is 87.8 Å². The molecule has 3 aromatic rings. The van der Waals surface area contributed by atoms with E-state index in [0.717, 1.165) is 22.8 Å². The van der Waals surface area contributed by atoms with E-state index in [1.807, 2.05) is 57.2 Å². The van der Waals surface area contributed by atoms with Gasteiger partial charge < -0.3 is 10.1 Å². The van der Waals surface area contributed by atoms with Crippen molar-refractivity contribution in [1.29, 1.82) is 5.26 Å². The van der Waals surface area contributed by atoms with Gasteiger partial charge in [-0.05, 0) is 29.2 Å². The number of aldehydes is 1. The van der Waals surface area contributed by atoms with Crippen molar-refractivity contribution in [2.75, 3.05) is 0 Å². The summed E-state index contributed by atoms with van der Waals surface area (Å²) in [5.74, 6) is -0.373. The molecule has 6 heteroatoms. The predicted molar refractivity (Wildman–Crippen MR) is 107 cm³/mol. The number of benzene rings is 2. The third-order valence-corrected chi connectivity index (χ3v) is 4.64. The molecular weight excluding hydrogens is 352 g/mol. The minimum absolute atomic E-state index is 0.292. The van der Waals surface area contributed by atoms with Crippen molar-refractivity contribution in [2.24, 2.45) is 5.41 Å². The zero-order valence-corrected chi connectivity index (χ0v) is 16.1. The first kappa shape index (κ1) is 19.3. The monoisotopic (exact) mass is 374 g/mol. The van der Waals surface area contributed by atoms with Crippen molar-refractivity contribution < 1.29 is 9.59 Å². The number of hydrogen-bond donors (Lipinski definition) is 1. The van der Waals surface area contributed by atoms with Crippen LogP contribution in [0.2, 0.25) is 0 Å². The molecule has 0 bridgehead atoms. The van der Waals surface area contributed by atoms with E-state index in [-0.39, 0.29) is 5.91 Å². The number of hydrogen-bond acceptors (Lipinski definition) is 4. The van der Waals surface area contributed by atoms with Crippen LogP contribution in [-0.2, 0) is 11.3 Å². The Morgan fingerprint density at radius 3 is 2.50 bits per heavy atom. The highest BCUT2D eigenvalue weighted by Crippen LogP contribution is 2.22. The molecule has 0 aliphatic carbocycles. The van der Waals surface area contributed by atoms with Gasteiger partial charge in [0, 0.05) is 5.39 Å². The number of para-hydroxylation sites is 1. The van der Waals surface area contributed by atoms with Gasteiger partial charge in [-0.3, -0.25) is 9.48 Å². The third-order valence-electron chi connectivity index (χ3n) is 4.64. The second-order valence-corrected chi connectivity index (χ2v) is 7.79. The van der Waals surface area contributed by atoms with Gasteiger partial charge in [-0.25, -0.2) is 0 Å². The molecule has 0 aliphatic rings. The van der Waals surface area contributed by atoms with Crippen molar-refractivity contribution in [3.8, 4) is 6.07 Å². The van der Waals surface area contributed by atoms with Crippen molar-refractivity contribution in [2.45, 2.75) is 33.4 Å². The summed E-state index contributed by atoms with van der Waals surface area (Å²) in [4.78, 5) is 24.3. The minimum atomic E-state index is -0.609. The Labute approximate surface area is 163 Å². The van der Waals surface area contributed by atoms with E-state index >= 15 is 0 Å². The van der Waals surface area contributed by atoms with E-state index in [9.17, 15) is 9.59 Å². The standard InChI is InChI=1S/C22H22N4O2/c1-22(2,3)19(14-27)24-21(28)20-17-6-4-5-7-18(17)26(25-20)13-16-10-8-15(12-23)9-11-16/h4-11,14,19H,13H2,1-3H3,(H,24,28). The van der Waals surface area contributed by atoms with E-state index in [0.29, 0.717) is 17.8 Å². The second-order valence-electron chi connectivity index (χ2n) is 7.79. The van der Waals surface area contributed by atoms with Crippen LogP contribution in [-0.4, -0.2) is 28.0 Å². The molecule has 6 nitrogen and oxygen atoms in total. The van der Waals surface area contributed by atoms with Gasteiger partial charge >= 0.3 is 0 Å². The summed E-state index contributed by atoms with van der Waals surface area (Å²) < 4.78 is 1.76. The Bertz CT molecular complexity index is 1050. The smallest absolute Gasteiger partial charge is 0.273 e. The van der Waals surface area contributed by atoms with Gasteiger partial charge in [0.2, 0.25) is 0 Å². The van der Waals surface area contributed by atoms with Crippen molar-refractivity contribution in [3.63, 3.8) is 0 Å². The van der Waals surface area contributed by atoms with Crippen LogP contribution in [0.5, 0.6) is 0 Å². The van der Waals surface area contributed by atoms with Gasteiger partial charge in [0.15, 0.2) is 5.69 Å². The highest BCUT2D eigenvalue weighted by atomic mass is 16.2. The molecule has 1 aromatic heterocycles. The van der Waals surface area contributed by atoms with E-state index in [4.69, 9.17) is 5.26 Å². The summed E-state index contributed by atoms with van der Waals surface area (Å²) in [6.45, 7) is 6.16. The second kappa shape index (κ2) is 7.65. The van der Waals surface area contributed by atoms with Crippen LogP contribution < -0.4 is 5.32 Å². The van der Waals surface area contributed by atoms with E-state index in [2.05, 4.69) is 16.5 Å². The van der Waals surface area contributed by atoms with Gasteiger partial charge in [-0.2, -0.15) is 10.4 Å². The average Bonchev–Trinajstić information content (AvgIpc) is 3.04. The molecule has 1 heterocycles. The summed E-state index contributed by atoms with van der Waals surface area (Å²) in [6, 6.07) is 16.2. The minimum Gasteiger partial charge on any atom is -0.341 e. The summed E-state index contributed by atoms with van der Waals surface area (Å²) in [7, 11) is 0. The van der Waals surface area contributed by atoms with Crippen molar-refractivity contribution in [1.82, 2.24) is 15.1 Å². The van der Waals surface area contributed by atoms with Gasteiger partial charge in [-0.15, -0.1) is 0 Å². The number of carbonyl (C=O) groups is 2. The quantitative estimate of drug-likeness (QED) is 0.694. The zero-order chi connectivity index (χ0) is 20.3. The van der Waals surface area contributed by atoms with E-state index < -0.39 is 11.5 Å². The first-order chi connectivity index (χ1) is 13.3. The summed E-state index contributed by atoms with van der Waals surface area (Å²) in [5.41, 5.74) is 2.30. The average molecular weight is 374 g/mol. The van der Waals surface area contributed by atoms with Crippen LogP contribution in [0.4, 0.5) is 0 Å². The Balaban J connectivity index is 1.95. The molecule has 1 atom stereocenters. The number of aromatic nitrogens is 2. The molecule has 2 aromatic carbocycles. The maximum Gasteiger partial charge on any atom is 0.273 e. The molecule has 0 saturated heterocycles. The molecule has 0 fully saturated rings. The molecule has 1 unspecified atom stereocenters. The lowest BCUT2D eigenvalue weighted by atomic mass is 9.87. The highest BCUT2D eigenvalue weighted by Gasteiger charge is 2.28. The largest absolute Gasteiger partial charge is 0.341 e. The Kier molecular flexibility index (Phi) is 5.27. The van der Waals surface area contributed by atoms with Crippen LogP contribution in [0.25, 0.3) is 10.9 Å². The fourth-order valence-corrected chi connectivity index (χ4v) is 2.94. The first-order valence-electron chi connectivity index (χ1n) is 9.04. The molecule has 0 spiro atoms. The molecule has 0 aliphatic heterocycles. The SMILES string of the molecule is CC(C)(C)C(C=O)NC(=O)c1nn(Cc2ccc(C#N)cc2)c2ccccc12. The molecule has 1 amide bonds. The number of fused-ring (bicyclic) bond motifs is 1. The molecular formula is C22H22N4O2. The fourth-order valence-electron chi connectivity index (χ4n) is 2.94. The Morgan fingerprint density at radius 2 is 1.89 bits per heavy atom. The fraction of sp³-hybridized carbons (Fsp3) is 0.273. The van der Waals surface area contributed by atoms with Crippen molar-refractivity contribution in [3.05, 3.63) is 65.4 Å². The van der Waals surface area contributed by atoms with E-state index in [1.54, 1.807) is 16.8 Å². The van der Waals surface area contributed by atoms with Gasteiger partial charge in [0.05, 0.1) is 29.7 Å². The molecule has 0 radical (unpaired) electrons. The number of nitrogens with zero attached hydrogens (tertiary/aromatic N) is 3. The van der Waals surface area contributed by atoms with Crippen LogP contribution in [0.1, 0.15) is 42.4 Å². The number of nitriles is 1. The van der Waals surface area contributed by atoms with Crippen LogP contribution in [0, 0.1) is 16.7 Å². The first-order valence-corrected chi connectivity index (χ1v) is 9.04. The number of carbonyl (C=O) groups excluding carboxylic acids is 2. The van der Waals surface area contributed by atoms with Gasteiger partial charge in [0.25, 0.3) is 5.91 Å². The highest BCUT2D eigenvalue weighted by molar-refractivity contribution is 6.05. The zero-order valence-electron chi connectivity index (χ0n) is 16.1. The summed E-state index contributed by atoms with van der Waals surface area (Å²) >= 11 is 0. The van der Waals surface area contributed by atoms with Crippen molar-refractivity contribution >= 4 is 23.1 Å². The molecule has 142 valence electrons. The summed E-state index contributed by atoms with van der Waals surface area (Å²) in [6.07, 6.45) is 0.758. The van der Waals surface area contributed by atoms with E-state index in [1.165, 1.54) is 0 Å². The predicted octanol–water partition coefficient (Wildman–Crippen LogP) is 3.30. The molecule has 1 N–H and O–H groups in total. The Morgan fingerprint density at radius 1 is 1.21 bits per heavy atom. The van der Waals surface area contributed by atoms with Gasteiger partial charge in [-0.1, -0.05) is 51.1 Å². The summed E-state index contributed by atoms with van der Waals surface area (Å²) in [5, 5.41) is 17.0. The number of nitrogens with one attached hydrogen (secondary N) is 1. The third kappa shape index (κ3) is 3.94. The number of rotatable bonds is 5. The lowest BCUT2D eigenvalue weighted by Gasteiger charge is -2.26. The number of amides is 1. The van der Waals surface area contributed by atoms with Crippen LogP contribution >= 0.6 is 0 Å². The molecule has 28 heavy (non-hydrogen) atoms. The molecule has 3 rings (SSSR count).